The maximum Gasteiger partial charge on any atom is 0.309 e. The average Bonchev–Trinajstić information content (AvgIpc) is 2.60. The first-order valence-electron chi connectivity index (χ1n) is 9.99. The number of hydrogen-bond acceptors (Lipinski definition) is 1. The highest BCUT2D eigenvalue weighted by Crippen LogP contribution is 2.23. The lowest BCUT2D eigenvalue weighted by Crippen LogP contribution is -2.23. The summed E-state index contributed by atoms with van der Waals surface area (Å²) in [5.74, 6) is -0.702. The molecule has 0 saturated heterocycles. The molecular weight excluding hydrogens is 320 g/mol. The Morgan fingerprint density at radius 2 is 1.15 bits per heavy atom. The van der Waals surface area contributed by atoms with Crippen LogP contribution in [0.2, 0.25) is 0 Å². The highest BCUT2D eigenvalue weighted by Gasteiger charge is 2.25. The smallest absolute Gasteiger partial charge is 0.309 e. The predicted octanol–water partition coefficient (Wildman–Crippen LogP) is 7.41. The Morgan fingerprint density at radius 3 is 1.58 bits per heavy atom. The van der Waals surface area contributed by atoms with Crippen LogP contribution in [0.15, 0.2) is 60.8 Å². The van der Waals surface area contributed by atoms with Crippen molar-refractivity contribution >= 4 is 5.97 Å². The molecule has 146 valence electrons. The number of carbonyl (C=O) groups is 1. The second-order valence-corrected chi connectivity index (χ2v) is 7.14. The molecule has 0 saturated carbocycles. The molecule has 2 heteroatoms. The van der Waals surface area contributed by atoms with Gasteiger partial charge in [0.15, 0.2) is 0 Å². The minimum atomic E-state index is -0.702. The lowest BCUT2D eigenvalue weighted by Gasteiger charge is -2.18. The van der Waals surface area contributed by atoms with Crippen molar-refractivity contribution < 1.29 is 9.90 Å². The van der Waals surface area contributed by atoms with Gasteiger partial charge in [0, 0.05) is 0 Å². The minimum absolute atomic E-state index is 0.595. The number of rotatable bonds is 15. The summed E-state index contributed by atoms with van der Waals surface area (Å²) in [6, 6.07) is 0. The Labute approximate surface area is 161 Å². The molecule has 0 spiro atoms. The van der Waals surface area contributed by atoms with Gasteiger partial charge in [-0.05, 0) is 65.2 Å². The van der Waals surface area contributed by atoms with Crippen molar-refractivity contribution in [3.05, 3.63) is 60.8 Å². The summed E-state index contributed by atoms with van der Waals surface area (Å²) in [7, 11) is 0. The van der Waals surface area contributed by atoms with E-state index in [0.29, 0.717) is 0 Å². The SMILES string of the molecule is CC/C=C\C/C=C\C/C=C\C/C=C\C/C=C\CCCCC(C)(C)C(=O)O. The highest BCUT2D eigenvalue weighted by molar-refractivity contribution is 5.73. The van der Waals surface area contributed by atoms with Crippen LogP contribution in [0.25, 0.3) is 0 Å². The molecule has 0 amide bonds. The maximum absolute atomic E-state index is 11.0. The first-order chi connectivity index (χ1) is 12.5. The van der Waals surface area contributed by atoms with Gasteiger partial charge in [0.05, 0.1) is 5.41 Å². The summed E-state index contributed by atoms with van der Waals surface area (Å²) in [5, 5.41) is 9.05. The highest BCUT2D eigenvalue weighted by atomic mass is 16.4. The van der Waals surface area contributed by atoms with Crippen molar-refractivity contribution in [1.29, 1.82) is 0 Å². The van der Waals surface area contributed by atoms with E-state index in [2.05, 4.69) is 67.7 Å². The van der Waals surface area contributed by atoms with Crippen LogP contribution in [0.1, 0.15) is 78.6 Å². The van der Waals surface area contributed by atoms with E-state index in [1.54, 1.807) is 13.8 Å². The van der Waals surface area contributed by atoms with Gasteiger partial charge in [-0.2, -0.15) is 0 Å². The summed E-state index contributed by atoms with van der Waals surface area (Å²) in [4.78, 5) is 11.0. The molecule has 0 unspecified atom stereocenters. The lowest BCUT2D eigenvalue weighted by atomic mass is 9.87. The zero-order valence-electron chi connectivity index (χ0n) is 17.0. The van der Waals surface area contributed by atoms with Crippen LogP contribution in [0.4, 0.5) is 0 Å². The van der Waals surface area contributed by atoms with Crippen LogP contribution in [0.5, 0.6) is 0 Å². The molecule has 2 nitrogen and oxygen atoms in total. The summed E-state index contributed by atoms with van der Waals surface area (Å²) in [6.07, 6.45) is 30.9. The Kier molecular flexibility index (Phi) is 15.5. The molecule has 0 aromatic heterocycles. The van der Waals surface area contributed by atoms with E-state index in [1.807, 2.05) is 0 Å². The third-order valence-electron chi connectivity index (χ3n) is 4.16. The fourth-order valence-electron chi connectivity index (χ4n) is 2.30. The third kappa shape index (κ3) is 15.7. The van der Waals surface area contributed by atoms with Gasteiger partial charge >= 0.3 is 5.97 Å². The van der Waals surface area contributed by atoms with Gasteiger partial charge in [-0.25, -0.2) is 0 Å². The maximum atomic E-state index is 11.0. The van der Waals surface area contributed by atoms with Gasteiger partial charge < -0.3 is 5.11 Å². The van der Waals surface area contributed by atoms with Gasteiger partial charge in [-0.15, -0.1) is 0 Å². The van der Waals surface area contributed by atoms with E-state index in [1.165, 1.54) is 0 Å². The standard InChI is InChI=1S/C24H38O2/c1-4-5-6-7-8-9-10-11-12-13-14-15-16-17-18-19-20-21-22-24(2,3)23(25)26/h5-6,8-9,11-12,14-15,17-18H,4,7,10,13,16,19-22H2,1-3H3,(H,25,26)/b6-5-,9-8-,12-11-,15-14-,18-17-. The van der Waals surface area contributed by atoms with Gasteiger partial charge in [-0.3, -0.25) is 4.79 Å². The van der Waals surface area contributed by atoms with Crippen molar-refractivity contribution in [1.82, 2.24) is 0 Å². The summed E-state index contributed by atoms with van der Waals surface area (Å²) < 4.78 is 0. The molecule has 0 fully saturated rings. The Morgan fingerprint density at radius 1 is 0.731 bits per heavy atom. The normalized spacial score (nSPS) is 13.3. The number of carboxylic acids is 1. The van der Waals surface area contributed by atoms with Gasteiger partial charge in [0.2, 0.25) is 0 Å². The van der Waals surface area contributed by atoms with Gasteiger partial charge in [0.1, 0.15) is 0 Å². The molecule has 0 aromatic rings. The average molecular weight is 359 g/mol. The van der Waals surface area contributed by atoms with Crippen molar-refractivity contribution in [2.75, 3.05) is 0 Å². The number of hydrogen-bond donors (Lipinski definition) is 1. The van der Waals surface area contributed by atoms with Crippen molar-refractivity contribution in [3.63, 3.8) is 0 Å². The fraction of sp³-hybridized carbons (Fsp3) is 0.542. The molecule has 26 heavy (non-hydrogen) atoms. The summed E-state index contributed by atoms with van der Waals surface area (Å²) in [5.41, 5.74) is -0.595. The molecule has 0 atom stereocenters. The molecule has 1 N–H and O–H groups in total. The molecular formula is C24H38O2. The Balaban J connectivity index is 3.57. The van der Waals surface area contributed by atoms with E-state index in [9.17, 15) is 4.79 Å². The summed E-state index contributed by atoms with van der Waals surface area (Å²) >= 11 is 0. The molecule has 0 rings (SSSR count). The summed E-state index contributed by atoms with van der Waals surface area (Å²) in [6.45, 7) is 5.75. The lowest BCUT2D eigenvalue weighted by molar-refractivity contribution is -0.147. The molecule has 0 heterocycles. The van der Waals surface area contributed by atoms with Crippen LogP contribution in [0, 0.1) is 5.41 Å². The van der Waals surface area contributed by atoms with Crippen LogP contribution >= 0.6 is 0 Å². The topological polar surface area (TPSA) is 37.3 Å². The molecule has 0 bridgehead atoms. The van der Waals surface area contributed by atoms with Gasteiger partial charge in [0.25, 0.3) is 0 Å². The van der Waals surface area contributed by atoms with Crippen LogP contribution in [0.3, 0.4) is 0 Å². The Hall–Kier alpha value is -1.83. The number of unbranched alkanes of at least 4 members (excludes halogenated alkanes) is 2. The van der Waals surface area contributed by atoms with E-state index in [4.69, 9.17) is 5.11 Å². The number of carboxylic acid groups (broad SMARTS) is 1. The molecule has 0 aliphatic carbocycles. The fourth-order valence-corrected chi connectivity index (χ4v) is 2.30. The van der Waals surface area contributed by atoms with Crippen molar-refractivity contribution in [2.24, 2.45) is 5.41 Å². The first kappa shape index (κ1) is 24.2. The van der Waals surface area contributed by atoms with Crippen molar-refractivity contribution in [3.8, 4) is 0 Å². The van der Waals surface area contributed by atoms with E-state index in [-0.39, 0.29) is 0 Å². The van der Waals surface area contributed by atoms with Crippen molar-refractivity contribution in [2.45, 2.75) is 78.6 Å². The van der Waals surface area contributed by atoms with E-state index < -0.39 is 11.4 Å². The molecule has 0 aromatic carbocycles. The first-order valence-corrected chi connectivity index (χ1v) is 9.99. The molecule has 0 aliphatic heterocycles. The molecule has 0 aliphatic rings. The van der Waals surface area contributed by atoms with E-state index in [0.717, 1.165) is 57.8 Å². The number of aliphatic carboxylic acids is 1. The minimum Gasteiger partial charge on any atom is -0.481 e. The third-order valence-corrected chi connectivity index (χ3v) is 4.16. The Bertz CT molecular complexity index is 490. The number of allylic oxidation sites excluding steroid dienone is 10. The second kappa shape index (κ2) is 16.6. The van der Waals surface area contributed by atoms with Gasteiger partial charge in [-0.1, -0.05) is 74.1 Å². The predicted molar refractivity (Wildman–Crippen MR) is 114 cm³/mol. The zero-order valence-corrected chi connectivity index (χ0v) is 17.0. The van der Waals surface area contributed by atoms with E-state index >= 15 is 0 Å². The van der Waals surface area contributed by atoms with Crippen LogP contribution in [-0.4, -0.2) is 11.1 Å². The second-order valence-electron chi connectivity index (χ2n) is 7.14. The quantitative estimate of drug-likeness (QED) is 0.244. The largest absolute Gasteiger partial charge is 0.481 e. The van der Waals surface area contributed by atoms with Crippen LogP contribution in [-0.2, 0) is 4.79 Å². The molecule has 0 radical (unpaired) electrons. The zero-order chi connectivity index (χ0) is 19.5. The van der Waals surface area contributed by atoms with Crippen LogP contribution < -0.4 is 0 Å². The monoisotopic (exact) mass is 358 g/mol.